The Labute approximate surface area is 116 Å². The predicted molar refractivity (Wildman–Crippen MR) is 71.6 cm³/mol. The second-order valence-electron chi connectivity index (χ2n) is 3.23. The molecule has 17 heavy (non-hydrogen) atoms. The van der Waals surface area contributed by atoms with Crippen LogP contribution in [0.15, 0.2) is 34.9 Å². The Morgan fingerprint density at radius 1 is 1.18 bits per heavy atom. The molecule has 1 aromatic heterocycles. The van der Waals surface area contributed by atoms with Gasteiger partial charge in [0.15, 0.2) is 0 Å². The van der Waals surface area contributed by atoms with Crippen molar-refractivity contribution in [3.8, 4) is 0 Å². The van der Waals surface area contributed by atoms with E-state index in [0.717, 1.165) is 4.47 Å². The van der Waals surface area contributed by atoms with Crippen LogP contribution in [0.3, 0.4) is 0 Å². The molecule has 0 spiro atoms. The van der Waals surface area contributed by atoms with Crippen LogP contribution in [-0.4, -0.2) is 4.98 Å². The van der Waals surface area contributed by atoms with Crippen molar-refractivity contribution in [2.45, 2.75) is 0 Å². The van der Waals surface area contributed by atoms with Crippen molar-refractivity contribution in [2.24, 2.45) is 0 Å². The number of rotatable bonds is 2. The maximum absolute atomic E-state index is 12.9. The van der Waals surface area contributed by atoms with Crippen LogP contribution in [0.5, 0.6) is 0 Å². The van der Waals surface area contributed by atoms with Crippen LogP contribution in [0.25, 0.3) is 0 Å². The lowest BCUT2D eigenvalue weighted by atomic mass is 10.3. The fourth-order valence-electron chi connectivity index (χ4n) is 1.22. The number of pyridine rings is 1. The minimum absolute atomic E-state index is 0.269. The normalized spacial score (nSPS) is 10.4. The highest BCUT2D eigenvalue weighted by atomic mass is 79.9. The third-order valence-electron chi connectivity index (χ3n) is 1.99. The Bertz CT molecular complexity index is 514. The smallest absolute Gasteiger partial charge is 0.149 e. The average molecular weight is 336 g/mol. The van der Waals surface area contributed by atoms with Crippen LogP contribution < -0.4 is 5.32 Å². The summed E-state index contributed by atoms with van der Waals surface area (Å²) in [7, 11) is 0. The first-order valence-electron chi connectivity index (χ1n) is 4.59. The van der Waals surface area contributed by atoms with E-state index in [0.29, 0.717) is 16.5 Å². The van der Waals surface area contributed by atoms with Gasteiger partial charge >= 0.3 is 0 Å². The van der Waals surface area contributed by atoms with Crippen molar-refractivity contribution in [1.82, 2.24) is 4.98 Å². The van der Waals surface area contributed by atoms with Crippen LogP contribution in [0.4, 0.5) is 15.9 Å². The fraction of sp³-hybridized carbons (Fsp3) is 0. The average Bonchev–Trinajstić information content (AvgIpc) is 2.25. The number of benzene rings is 1. The second kappa shape index (κ2) is 5.21. The number of nitrogens with one attached hydrogen (secondary N) is 1. The van der Waals surface area contributed by atoms with Gasteiger partial charge < -0.3 is 5.32 Å². The van der Waals surface area contributed by atoms with Gasteiger partial charge in [0.2, 0.25) is 0 Å². The van der Waals surface area contributed by atoms with Gasteiger partial charge in [-0.1, -0.05) is 23.2 Å². The third-order valence-corrected chi connectivity index (χ3v) is 3.03. The van der Waals surface area contributed by atoms with Gasteiger partial charge in [-0.25, -0.2) is 9.37 Å². The predicted octanol–water partition coefficient (Wildman–Crippen LogP) is 5.03. The lowest BCUT2D eigenvalue weighted by Crippen LogP contribution is -1.95. The number of anilines is 2. The second-order valence-corrected chi connectivity index (χ2v) is 4.96. The van der Waals surface area contributed by atoms with E-state index in [1.165, 1.54) is 18.2 Å². The third kappa shape index (κ3) is 3.09. The molecule has 0 bridgehead atoms. The summed E-state index contributed by atoms with van der Waals surface area (Å²) in [4.78, 5) is 4.09. The van der Waals surface area contributed by atoms with E-state index in [-0.39, 0.29) is 5.02 Å². The largest absolute Gasteiger partial charge is 0.338 e. The molecule has 2 aromatic rings. The van der Waals surface area contributed by atoms with Crippen molar-refractivity contribution in [1.29, 1.82) is 0 Å². The number of nitrogens with zero attached hydrogens (tertiary/aromatic N) is 1. The highest BCUT2D eigenvalue weighted by Gasteiger charge is 2.06. The van der Waals surface area contributed by atoms with Crippen molar-refractivity contribution >= 4 is 50.6 Å². The van der Waals surface area contributed by atoms with Gasteiger partial charge in [-0.3, -0.25) is 0 Å². The summed E-state index contributed by atoms with van der Waals surface area (Å²) in [6.45, 7) is 0. The molecule has 0 saturated heterocycles. The maximum Gasteiger partial charge on any atom is 0.149 e. The highest BCUT2D eigenvalue weighted by Crippen LogP contribution is 2.29. The number of halogens is 4. The van der Waals surface area contributed by atoms with E-state index in [1.54, 1.807) is 12.3 Å². The molecular weight excluding hydrogens is 330 g/mol. The summed E-state index contributed by atoms with van der Waals surface area (Å²) < 4.78 is 13.6. The molecule has 6 heteroatoms. The molecule has 0 radical (unpaired) electrons. The van der Waals surface area contributed by atoms with Gasteiger partial charge in [0.25, 0.3) is 0 Å². The first-order valence-corrected chi connectivity index (χ1v) is 6.14. The van der Waals surface area contributed by atoms with Crippen LogP contribution in [0.2, 0.25) is 10.0 Å². The van der Waals surface area contributed by atoms with E-state index in [9.17, 15) is 4.39 Å². The summed E-state index contributed by atoms with van der Waals surface area (Å²) in [5.74, 6) is 0.0683. The van der Waals surface area contributed by atoms with Crippen molar-refractivity contribution < 1.29 is 4.39 Å². The molecule has 0 aliphatic carbocycles. The molecule has 0 atom stereocenters. The number of hydrogen-bond acceptors (Lipinski definition) is 2. The first-order chi connectivity index (χ1) is 8.06. The summed E-state index contributed by atoms with van der Waals surface area (Å²) in [5.41, 5.74) is 0.546. The summed E-state index contributed by atoms with van der Waals surface area (Å²) in [5, 5.41) is 3.65. The van der Waals surface area contributed by atoms with E-state index in [4.69, 9.17) is 23.2 Å². The summed E-state index contributed by atoms with van der Waals surface area (Å²) in [6, 6.07) is 5.75. The zero-order chi connectivity index (χ0) is 12.4. The summed E-state index contributed by atoms with van der Waals surface area (Å²) in [6.07, 6.45) is 1.60. The van der Waals surface area contributed by atoms with Gasteiger partial charge in [0.1, 0.15) is 11.6 Å². The Morgan fingerprint density at radius 3 is 2.59 bits per heavy atom. The van der Waals surface area contributed by atoms with E-state index < -0.39 is 5.82 Å². The van der Waals surface area contributed by atoms with E-state index in [2.05, 4.69) is 26.2 Å². The molecule has 2 rings (SSSR count). The van der Waals surface area contributed by atoms with Crippen LogP contribution >= 0.6 is 39.1 Å². The number of hydrogen-bond donors (Lipinski definition) is 1. The van der Waals surface area contributed by atoms with Gasteiger partial charge in [-0.2, -0.15) is 0 Å². The quantitative estimate of drug-likeness (QED) is 0.832. The highest BCUT2D eigenvalue weighted by molar-refractivity contribution is 9.10. The molecule has 88 valence electrons. The van der Waals surface area contributed by atoms with Gasteiger partial charge in [0.05, 0.1) is 15.7 Å². The lowest BCUT2D eigenvalue weighted by Gasteiger charge is -2.09. The fourth-order valence-corrected chi connectivity index (χ4v) is 2.12. The molecule has 1 N–H and O–H groups in total. The monoisotopic (exact) mass is 334 g/mol. The summed E-state index contributed by atoms with van der Waals surface area (Å²) >= 11 is 15.1. The van der Waals surface area contributed by atoms with Crippen LogP contribution in [0.1, 0.15) is 0 Å². The van der Waals surface area contributed by atoms with Crippen molar-refractivity contribution in [3.63, 3.8) is 0 Å². The van der Waals surface area contributed by atoms with Crippen molar-refractivity contribution in [3.05, 3.63) is 50.8 Å². The molecule has 1 heterocycles. The van der Waals surface area contributed by atoms with Crippen LogP contribution in [0, 0.1) is 5.82 Å². The maximum atomic E-state index is 12.9. The Hall–Kier alpha value is -0.840. The lowest BCUT2D eigenvalue weighted by molar-refractivity contribution is 0.628. The Morgan fingerprint density at radius 2 is 1.94 bits per heavy atom. The molecule has 0 aliphatic heterocycles. The zero-order valence-electron chi connectivity index (χ0n) is 8.35. The molecule has 1 aromatic carbocycles. The topological polar surface area (TPSA) is 24.9 Å². The molecule has 0 aliphatic rings. The first kappa shape index (κ1) is 12.6. The minimum atomic E-state index is -0.393. The SMILES string of the molecule is Fc1ccc(Nc2ncc(Br)cc2Cl)c(Cl)c1. The standard InChI is InChI=1S/C11H6BrCl2FN2/c12-6-3-9(14)11(16-5-6)17-10-2-1-7(15)4-8(10)13/h1-5H,(H,16,17). The molecule has 2 nitrogen and oxygen atoms in total. The Kier molecular flexibility index (Phi) is 3.86. The molecule has 0 fully saturated rings. The molecule has 0 unspecified atom stereocenters. The number of aromatic nitrogens is 1. The Balaban J connectivity index is 2.31. The van der Waals surface area contributed by atoms with Gasteiger partial charge in [-0.15, -0.1) is 0 Å². The molecule has 0 saturated carbocycles. The minimum Gasteiger partial charge on any atom is -0.338 e. The molecule has 0 amide bonds. The van der Waals surface area contributed by atoms with Gasteiger partial charge in [0, 0.05) is 10.7 Å². The molecular formula is C11H6BrCl2FN2. The van der Waals surface area contributed by atoms with E-state index >= 15 is 0 Å². The zero-order valence-corrected chi connectivity index (χ0v) is 11.4. The van der Waals surface area contributed by atoms with Crippen molar-refractivity contribution in [2.75, 3.05) is 5.32 Å². The van der Waals surface area contributed by atoms with E-state index in [1.807, 2.05) is 0 Å². The van der Waals surface area contributed by atoms with Gasteiger partial charge in [-0.05, 0) is 40.2 Å². The van der Waals surface area contributed by atoms with Crippen LogP contribution in [-0.2, 0) is 0 Å².